The molecule has 3 nitrogen and oxygen atoms in total. The molecular formula is C17H27NO2. The second-order valence-electron chi connectivity index (χ2n) is 6.79. The third-order valence-electron chi connectivity index (χ3n) is 4.14. The van der Waals surface area contributed by atoms with Crippen LogP contribution >= 0.6 is 0 Å². The molecule has 3 heteroatoms. The van der Waals surface area contributed by atoms with Gasteiger partial charge in [-0.1, -0.05) is 39.0 Å². The maximum Gasteiger partial charge on any atom is 0.122 e. The number of nitrogens with two attached hydrogens (primary N) is 1. The van der Waals surface area contributed by atoms with Gasteiger partial charge in [-0.25, -0.2) is 0 Å². The van der Waals surface area contributed by atoms with E-state index in [9.17, 15) is 0 Å². The molecule has 2 N–H and O–H groups in total. The first-order valence-corrected chi connectivity index (χ1v) is 7.43. The maximum atomic E-state index is 6.44. The van der Waals surface area contributed by atoms with Crippen molar-refractivity contribution in [3.05, 3.63) is 29.8 Å². The lowest BCUT2D eigenvalue weighted by atomic mass is 9.79. The molecule has 2 rings (SSSR count). The maximum absolute atomic E-state index is 6.44. The summed E-state index contributed by atoms with van der Waals surface area (Å²) in [5.41, 5.74) is 7.78. The summed E-state index contributed by atoms with van der Waals surface area (Å²) in [4.78, 5) is 0. The van der Waals surface area contributed by atoms with E-state index in [0.29, 0.717) is 5.92 Å². The van der Waals surface area contributed by atoms with Crippen LogP contribution in [0, 0.1) is 5.41 Å². The highest BCUT2D eigenvalue weighted by Gasteiger charge is 2.33. The minimum Gasteiger partial charge on any atom is -0.493 e. The second-order valence-corrected chi connectivity index (χ2v) is 6.79. The smallest absolute Gasteiger partial charge is 0.122 e. The van der Waals surface area contributed by atoms with Crippen LogP contribution in [-0.2, 0) is 4.74 Å². The zero-order chi connectivity index (χ0) is 14.8. The molecule has 0 aliphatic carbocycles. The first-order valence-electron chi connectivity index (χ1n) is 7.43. The van der Waals surface area contributed by atoms with Crippen LogP contribution in [0.1, 0.15) is 45.1 Å². The Morgan fingerprint density at radius 2 is 2.05 bits per heavy atom. The molecular weight excluding hydrogens is 250 g/mol. The number of methoxy groups -OCH3 is 1. The molecule has 1 aromatic rings. The first-order chi connectivity index (χ1) is 9.43. The van der Waals surface area contributed by atoms with E-state index < -0.39 is 0 Å². The summed E-state index contributed by atoms with van der Waals surface area (Å²) in [5, 5.41) is 0. The minimum atomic E-state index is 0.0381. The Kier molecular flexibility index (Phi) is 4.71. The molecule has 20 heavy (non-hydrogen) atoms. The van der Waals surface area contributed by atoms with Gasteiger partial charge in [0.05, 0.1) is 12.7 Å². The van der Waals surface area contributed by atoms with Crippen molar-refractivity contribution in [1.29, 1.82) is 0 Å². The number of ether oxygens (including phenoxy) is 2. The lowest BCUT2D eigenvalue weighted by Crippen LogP contribution is -2.45. The monoisotopic (exact) mass is 277 g/mol. The predicted octanol–water partition coefficient (Wildman–Crippen LogP) is 3.33. The van der Waals surface area contributed by atoms with E-state index in [1.54, 1.807) is 7.11 Å². The standard InChI is InChI=1S/C17H27NO2/c1-17(2,3)16(19-4)14(18)11-12-9-10-20-15-8-6-5-7-13(12)15/h5-8,12,14,16H,9-11,18H2,1-4H3. The third kappa shape index (κ3) is 3.33. The molecule has 0 bridgehead atoms. The van der Waals surface area contributed by atoms with Gasteiger partial charge in [-0.05, 0) is 35.8 Å². The quantitative estimate of drug-likeness (QED) is 0.918. The number of fused-ring (bicyclic) bond motifs is 1. The number of rotatable bonds is 4. The van der Waals surface area contributed by atoms with Crippen LogP contribution in [0.25, 0.3) is 0 Å². The van der Waals surface area contributed by atoms with Gasteiger partial charge in [-0.15, -0.1) is 0 Å². The highest BCUT2D eigenvalue weighted by Crippen LogP contribution is 2.37. The molecule has 0 fully saturated rings. The summed E-state index contributed by atoms with van der Waals surface area (Å²) in [6, 6.07) is 8.34. The van der Waals surface area contributed by atoms with Crippen LogP contribution in [0.15, 0.2) is 24.3 Å². The van der Waals surface area contributed by atoms with E-state index >= 15 is 0 Å². The van der Waals surface area contributed by atoms with Crippen molar-refractivity contribution in [3.8, 4) is 5.75 Å². The molecule has 0 saturated heterocycles. The number of hydrogen-bond donors (Lipinski definition) is 1. The van der Waals surface area contributed by atoms with Gasteiger partial charge in [-0.3, -0.25) is 0 Å². The van der Waals surface area contributed by atoms with E-state index in [2.05, 4.69) is 32.9 Å². The van der Waals surface area contributed by atoms with Crippen LogP contribution < -0.4 is 10.5 Å². The lowest BCUT2D eigenvalue weighted by molar-refractivity contribution is -0.00581. The predicted molar refractivity (Wildman–Crippen MR) is 82.1 cm³/mol. The topological polar surface area (TPSA) is 44.5 Å². The molecule has 0 amide bonds. The average Bonchev–Trinajstić information content (AvgIpc) is 2.38. The Bertz CT molecular complexity index is 439. The Hall–Kier alpha value is -1.06. The van der Waals surface area contributed by atoms with Crippen LogP contribution in [0.3, 0.4) is 0 Å². The number of benzene rings is 1. The van der Waals surface area contributed by atoms with Crippen molar-refractivity contribution in [1.82, 2.24) is 0 Å². The van der Waals surface area contributed by atoms with Crippen LogP contribution in [0.4, 0.5) is 0 Å². The molecule has 0 saturated carbocycles. The number of para-hydroxylation sites is 1. The van der Waals surface area contributed by atoms with Crippen molar-refractivity contribution < 1.29 is 9.47 Å². The Morgan fingerprint density at radius 3 is 2.70 bits per heavy atom. The largest absolute Gasteiger partial charge is 0.493 e. The van der Waals surface area contributed by atoms with Gasteiger partial charge in [0.15, 0.2) is 0 Å². The average molecular weight is 277 g/mol. The Labute approximate surface area is 122 Å². The molecule has 1 heterocycles. The van der Waals surface area contributed by atoms with E-state index in [1.807, 2.05) is 12.1 Å². The fourth-order valence-corrected chi connectivity index (χ4v) is 3.28. The molecule has 112 valence electrons. The summed E-state index contributed by atoms with van der Waals surface area (Å²) in [6.45, 7) is 7.32. The molecule has 0 aromatic heterocycles. The molecule has 0 radical (unpaired) electrons. The summed E-state index contributed by atoms with van der Waals surface area (Å²) >= 11 is 0. The van der Waals surface area contributed by atoms with E-state index in [-0.39, 0.29) is 17.6 Å². The van der Waals surface area contributed by atoms with E-state index in [4.69, 9.17) is 15.2 Å². The van der Waals surface area contributed by atoms with Crippen LogP contribution in [0.2, 0.25) is 0 Å². The Morgan fingerprint density at radius 1 is 1.35 bits per heavy atom. The van der Waals surface area contributed by atoms with Gasteiger partial charge in [0.25, 0.3) is 0 Å². The molecule has 3 atom stereocenters. The summed E-state index contributed by atoms with van der Waals surface area (Å²) in [5.74, 6) is 1.48. The van der Waals surface area contributed by atoms with Gasteiger partial charge >= 0.3 is 0 Å². The molecule has 1 aliphatic heterocycles. The molecule has 0 spiro atoms. The zero-order valence-corrected chi connectivity index (χ0v) is 13.1. The normalized spacial score (nSPS) is 21.8. The van der Waals surface area contributed by atoms with Crippen molar-refractivity contribution in [2.45, 2.75) is 51.7 Å². The van der Waals surface area contributed by atoms with Crippen molar-refractivity contribution in [2.24, 2.45) is 11.1 Å². The van der Waals surface area contributed by atoms with Gasteiger partial charge in [-0.2, -0.15) is 0 Å². The Balaban J connectivity index is 2.11. The van der Waals surface area contributed by atoms with Crippen LogP contribution in [-0.4, -0.2) is 25.9 Å². The highest BCUT2D eigenvalue weighted by molar-refractivity contribution is 5.37. The van der Waals surface area contributed by atoms with Crippen molar-refractivity contribution in [3.63, 3.8) is 0 Å². The highest BCUT2D eigenvalue weighted by atomic mass is 16.5. The first kappa shape index (κ1) is 15.3. The third-order valence-corrected chi connectivity index (χ3v) is 4.14. The van der Waals surface area contributed by atoms with E-state index in [0.717, 1.165) is 25.2 Å². The van der Waals surface area contributed by atoms with Crippen LogP contribution in [0.5, 0.6) is 5.75 Å². The number of hydrogen-bond acceptors (Lipinski definition) is 3. The SMILES string of the molecule is COC(C(N)CC1CCOc2ccccc21)C(C)(C)C. The van der Waals surface area contributed by atoms with E-state index in [1.165, 1.54) is 5.56 Å². The fraction of sp³-hybridized carbons (Fsp3) is 0.647. The minimum absolute atomic E-state index is 0.0381. The molecule has 1 aromatic carbocycles. The fourth-order valence-electron chi connectivity index (χ4n) is 3.28. The van der Waals surface area contributed by atoms with Crippen molar-refractivity contribution in [2.75, 3.05) is 13.7 Å². The molecule has 1 aliphatic rings. The van der Waals surface area contributed by atoms with Gasteiger partial charge in [0.1, 0.15) is 5.75 Å². The van der Waals surface area contributed by atoms with Gasteiger partial charge < -0.3 is 15.2 Å². The summed E-state index contributed by atoms with van der Waals surface area (Å²) < 4.78 is 11.4. The van der Waals surface area contributed by atoms with Gasteiger partial charge in [0, 0.05) is 13.2 Å². The zero-order valence-electron chi connectivity index (χ0n) is 13.1. The summed E-state index contributed by atoms with van der Waals surface area (Å²) in [6.07, 6.45) is 2.04. The van der Waals surface area contributed by atoms with Crippen molar-refractivity contribution >= 4 is 0 Å². The van der Waals surface area contributed by atoms with Gasteiger partial charge in [0.2, 0.25) is 0 Å². The molecule has 3 unspecified atom stereocenters. The second kappa shape index (κ2) is 6.15. The lowest BCUT2D eigenvalue weighted by Gasteiger charge is -2.36. The summed E-state index contributed by atoms with van der Waals surface area (Å²) in [7, 11) is 1.76.